The van der Waals surface area contributed by atoms with Gasteiger partial charge < -0.3 is 9.84 Å². The minimum Gasteiger partial charge on any atom is -0.507 e. The maximum atomic E-state index is 11.9. The molecule has 0 unspecified atom stereocenters. The lowest BCUT2D eigenvalue weighted by Gasteiger charge is -2.15. The van der Waals surface area contributed by atoms with E-state index in [2.05, 4.69) is 10.9 Å². The number of phenols is 1. The van der Waals surface area contributed by atoms with Gasteiger partial charge in [-0.1, -0.05) is 29.8 Å². The average Bonchev–Trinajstić information content (AvgIpc) is 2.52. The van der Waals surface area contributed by atoms with Gasteiger partial charge in [0.1, 0.15) is 11.5 Å². The third-order valence-corrected chi connectivity index (χ3v) is 3.16. The normalized spacial score (nSPS) is 11.4. The number of aromatic hydroxyl groups is 1. The zero-order valence-electron chi connectivity index (χ0n) is 12.2. The number of rotatable bonds is 4. The molecule has 3 N–H and O–H groups in total. The van der Waals surface area contributed by atoms with Crippen molar-refractivity contribution in [3.05, 3.63) is 59.1 Å². The molecule has 2 amide bonds. The Morgan fingerprint density at radius 3 is 2.57 bits per heavy atom. The van der Waals surface area contributed by atoms with Crippen LogP contribution in [0.3, 0.4) is 0 Å². The van der Waals surface area contributed by atoms with Crippen LogP contribution in [0.5, 0.6) is 11.5 Å². The van der Waals surface area contributed by atoms with Gasteiger partial charge in [0, 0.05) is 5.02 Å². The molecule has 0 heterocycles. The minimum absolute atomic E-state index is 0.0520. The molecular formula is C16H15ClN2O4. The zero-order valence-corrected chi connectivity index (χ0v) is 13.0. The van der Waals surface area contributed by atoms with Crippen molar-refractivity contribution in [2.45, 2.75) is 13.0 Å². The van der Waals surface area contributed by atoms with E-state index in [-0.39, 0.29) is 11.3 Å². The van der Waals surface area contributed by atoms with Gasteiger partial charge in [-0.05, 0) is 37.3 Å². The molecule has 23 heavy (non-hydrogen) atoms. The number of benzene rings is 2. The van der Waals surface area contributed by atoms with Crippen LogP contribution in [0.25, 0.3) is 0 Å². The first-order chi connectivity index (χ1) is 11.0. The summed E-state index contributed by atoms with van der Waals surface area (Å²) >= 11 is 5.83. The van der Waals surface area contributed by atoms with Crippen LogP contribution in [-0.2, 0) is 4.79 Å². The molecule has 0 aliphatic rings. The van der Waals surface area contributed by atoms with Crippen molar-refractivity contribution in [2.75, 3.05) is 0 Å². The Morgan fingerprint density at radius 2 is 1.87 bits per heavy atom. The molecule has 120 valence electrons. The molecule has 0 saturated heterocycles. The molecule has 7 heteroatoms. The standard InChI is InChI=1S/C16H15ClN2O4/c1-10(23-12-6-4-5-11(17)9-12)15(21)18-19-16(22)13-7-2-3-8-14(13)20/h2-10,20H,1H3,(H,18,21)(H,19,22)/t10-/m0/s1. The molecule has 2 aromatic rings. The lowest BCUT2D eigenvalue weighted by molar-refractivity contribution is -0.128. The van der Waals surface area contributed by atoms with Gasteiger partial charge in [0.15, 0.2) is 6.10 Å². The van der Waals surface area contributed by atoms with Crippen molar-refractivity contribution in [3.63, 3.8) is 0 Å². The predicted molar refractivity (Wildman–Crippen MR) is 85.3 cm³/mol. The van der Waals surface area contributed by atoms with Crippen LogP contribution in [-0.4, -0.2) is 23.0 Å². The van der Waals surface area contributed by atoms with Gasteiger partial charge in [0.2, 0.25) is 0 Å². The summed E-state index contributed by atoms with van der Waals surface area (Å²) in [6.07, 6.45) is -0.849. The molecule has 0 aliphatic carbocycles. The van der Waals surface area contributed by atoms with E-state index < -0.39 is 17.9 Å². The average molecular weight is 335 g/mol. The van der Waals surface area contributed by atoms with Crippen LogP contribution in [0.4, 0.5) is 0 Å². The van der Waals surface area contributed by atoms with E-state index >= 15 is 0 Å². The number of hydrazine groups is 1. The topological polar surface area (TPSA) is 87.7 Å². The number of hydrogen-bond acceptors (Lipinski definition) is 4. The molecule has 0 aliphatic heterocycles. The van der Waals surface area contributed by atoms with Crippen molar-refractivity contribution >= 4 is 23.4 Å². The van der Waals surface area contributed by atoms with Crippen LogP contribution in [0.1, 0.15) is 17.3 Å². The molecule has 0 fully saturated rings. The van der Waals surface area contributed by atoms with Crippen LogP contribution in [0.2, 0.25) is 5.02 Å². The first-order valence-electron chi connectivity index (χ1n) is 6.78. The van der Waals surface area contributed by atoms with E-state index in [9.17, 15) is 14.7 Å². The number of phenolic OH excluding ortho intramolecular Hbond substituents is 1. The fourth-order valence-corrected chi connectivity index (χ4v) is 1.93. The number of halogens is 1. The van der Waals surface area contributed by atoms with Gasteiger partial charge >= 0.3 is 0 Å². The first kappa shape index (κ1) is 16.6. The maximum absolute atomic E-state index is 11.9. The van der Waals surface area contributed by atoms with Crippen LogP contribution in [0.15, 0.2) is 48.5 Å². The molecule has 2 aromatic carbocycles. The monoisotopic (exact) mass is 334 g/mol. The smallest absolute Gasteiger partial charge is 0.279 e. The number of carbonyl (C=O) groups excluding carboxylic acids is 2. The summed E-state index contributed by atoms with van der Waals surface area (Å²) in [5.74, 6) is -0.921. The Kier molecular flexibility index (Phi) is 5.43. The number of nitrogens with one attached hydrogen (secondary N) is 2. The van der Waals surface area contributed by atoms with Crippen molar-refractivity contribution in [3.8, 4) is 11.5 Å². The molecule has 0 saturated carbocycles. The van der Waals surface area contributed by atoms with Crippen LogP contribution < -0.4 is 15.6 Å². The number of para-hydroxylation sites is 1. The molecular weight excluding hydrogens is 320 g/mol. The highest BCUT2D eigenvalue weighted by molar-refractivity contribution is 6.30. The Hall–Kier alpha value is -2.73. The first-order valence-corrected chi connectivity index (χ1v) is 7.15. The second kappa shape index (κ2) is 7.51. The quantitative estimate of drug-likeness (QED) is 0.748. The third-order valence-electron chi connectivity index (χ3n) is 2.93. The summed E-state index contributed by atoms with van der Waals surface area (Å²) in [4.78, 5) is 23.8. The maximum Gasteiger partial charge on any atom is 0.279 e. The van der Waals surface area contributed by atoms with Crippen molar-refractivity contribution in [1.29, 1.82) is 0 Å². The number of ether oxygens (including phenoxy) is 1. The van der Waals surface area contributed by atoms with E-state index in [0.717, 1.165) is 0 Å². The van der Waals surface area contributed by atoms with E-state index in [1.165, 1.54) is 19.1 Å². The van der Waals surface area contributed by atoms with Gasteiger partial charge in [-0.3, -0.25) is 20.4 Å². The number of amides is 2. The van der Waals surface area contributed by atoms with E-state index in [1.54, 1.807) is 36.4 Å². The minimum atomic E-state index is -0.849. The third kappa shape index (κ3) is 4.62. The second-order valence-corrected chi connectivity index (χ2v) is 5.11. The van der Waals surface area contributed by atoms with Gasteiger partial charge in [-0.25, -0.2) is 0 Å². The molecule has 1 atom stereocenters. The van der Waals surface area contributed by atoms with E-state index in [0.29, 0.717) is 10.8 Å². The number of carbonyl (C=O) groups is 2. The Labute approximate surface area is 138 Å². The zero-order chi connectivity index (χ0) is 16.8. The largest absolute Gasteiger partial charge is 0.507 e. The van der Waals surface area contributed by atoms with Gasteiger partial charge in [-0.2, -0.15) is 0 Å². The predicted octanol–water partition coefficient (Wildman–Crippen LogP) is 2.27. The van der Waals surface area contributed by atoms with Crippen molar-refractivity contribution in [1.82, 2.24) is 10.9 Å². The highest BCUT2D eigenvalue weighted by Crippen LogP contribution is 2.18. The van der Waals surface area contributed by atoms with Crippen LogP contribution >= 0.6 is 11.6 Å². The SMILES string of the molecule is C[C@H](Oc1cccc(Cl)c1)C(=O)NNC(=O)c1ccccc1O. The van der Waals surface area contributed by atoms with E-state index in [1.807, 2.05) is 0 Å². The molecule has 0 radical (unpaired) electrons. The summed E-state index contributed by atoms with van der Waals surface area (Å²) in [5, 5.41) is 10.1. The van der Waals surface area contributed by atoms with E-state index in [4.69, 9.17) is 16.3 Å². The van der Waals surface area contributed by atoms with Crippen molar-refractivity contribution < 1.29 is 19.4 Å². The summed E-state index contributed by atoms with van der Waals surface area (Å²) < 4.78 is 5.42. The summed E-state index contributed by atoms with van der Waals surface area (Å²) in [6, 6.07) is 12.6. The lowest BCUT2D eigenvalue weighted by Crippen LogP contribution is -2.47. The highest BCUT2D eigenvalue weighted by atomic mass is 35.5. The second-order valence-electron chi connectivity index (χ2n) is 4.68. The molecule has 0 aromatic heterocycles. The van der Waals surface area contributed by atoms with Crippen molar-refractivity contribution in [2.24, 2.45) is 0 Å². The summed E-state index contributed by atoms with van der Waals surface area (Å²) in [6.45, 7) is 1.53. The highest BCUT2D eigenvalue weighted by Gasteiger charge is 2.17. The fraction of sp³-hybridized carbons (Fsp3) is 0.125. The number of hydrogen-bond donors (Lipinski definition) is 3. The Bertz CT molecular complexity index is 721. The molecule has 0 bridgehead atoms. The van der Waals surface area contributed by atoms with Crippen LogP contribution in [0, 0.1) is 0 Å². The molecule has 6 nitrogen and oxygen atoms in total. The fourth-order valence-electron chi connectivity index (χ4n) is 1.75. The summed E-state index contributed by atoms with van der Waals surface area (Å²) in [7, 11) is 0. The molecule has 2 rings (SSSR count). The van der Waals surface area contributed by atoms with Gasteiger partial charge in [0.05, 0.1) is 5.56 Å². The van der Waals surface area contributed by atoms with Gasteiger partial charge in [-0.15, -0.1) is 0 Å². The lowest BCUT2D eigenvalue weighted by atomic mass is 10.2. The molecule has 0 spiro atoms. The Morgan fingerprint density at radius 1 is 1.13 bits per heavy atom. The summed E-state index contributed by atoms with van der Waals surface area (Å²) in [5.41, 5.74) is 4.50. The van der Waals surface area contributed by atoms with Gasteiger partial charge in [0.25, 0.3) is 11.8 Å². The Balaban J connectivity index is 1.89.